The van der Waals surface area contributed by atoms with Gasteiger partial charge in [-0.2, -0.15) is 0 Å². The van der Waals surface area contributed by atoms with Crippen LogP contribution in [0, 0.1) is 5.92 Å². The van der Waals surface area contributed by atoms with E-state index >= 15 is 0 Å². The smallest absolute Gasteiger partial charge is 0.238 e. The highest BCUT2D eigenvalue weighted by atomic mass is 79.9. The van der Waals surface area contributed by atoms with E-state index in [1.54, 1.807) is 0 Å². The third-order valence-electron chi connectivity index (χ3n) is 2.10. The van der Waals surface area contributed by atoms with Gasteiger partial charge in [0, 0.05) is 0 Å². The molecule has 1 rings (SSSR count). The van der Waals surface area contributed by atoms with Gasteiger partial charge in [-0.25, -0.2) is 0 Å². The summed E-state index contributed by atoms with van der Waals surface area (Å²) >= 11 is 20.9. The lowest BCUT2D eigenvalue weighted by molar-refractivity contribution is -0.116. The van der Waals surface area contributed by atoms with E-state index in [0.717, 1.165) is 0 Å². The first kappa shape index (κ1) is 15.1. The first-order chi connectivity index (χ1) is 7.82. The van der Waals surface area contributed by atoms with Crippen molar-refractivity contribution in [2.24, 2.45) is 5.92 Å². The van der Waals surface area contributed by atoms with E-state index in [1.165, 1.54) is 12.1 Å². The highest BCUT2D eigenvalue weighted by Gasteiger charge is 2.19. The van der Waals surface area contributed by atoms with Crippen LogP contribution in [0.2, 0.25) is 15.1 Å². The first-order valence-corrected chi connectivity index (χ1v) is 6.97. The fraction of sp³-hybridized carbons (Fsp3) is 0.364. The van der Waals surface area contributed by atoms with E-state index in [1.807, 2.05) is 13.8 Å². The second kappa shape index (κ2) is 6.28. The van der Waals surface area contributed by atoms with Crippen LogP contribution in [0.15, 0.2) is 12.1 Å². The molecular weight excluding hydrogens is 348 g/mol. The van der Waals surface area contributed by atoms with Gasteiger partial charge in [-0.15, -0.1) is 0 Å². The second-order valence-corrected chi connectivity index (χ2v) is 6.09. The monoisotopic (exact) mass is 357 g/mol. The topological polar surface area (TPSA) is 29.1 Å². The quantitative estimate of drug-likeness (QED) is 0.597. The number of amides is 1. The number of halogens is 4. The largest absolute Gasteiger partial charge is 0.324 e. The molecule has 0 aliphatic heterocycles. The van der Waals surface area contributed by atoms with Gasteiger partial charge in [0.05, 0.1) is 25.6 Å². The molecule has 1 aromatic rings. The number of hydrogen-bond acceptors (Lipinski definition) is 1. The van der Waals surface area contributed by atoms with Gasteiger partial charge in [0.15, 0.2) is 0 Å². The molecule has 0 saturated carbocycles. The highest BCUT2D eigenvalue weighted by molar-refractivity contribution is 9.10. The summed E-state index contributed by atoms with van der Waals surface area (Å²) in [5.74, 6) is 0.0110. The van der Waals surface area contributed by atoms with Crippen molar-refractivity contribution in [1.29, 1.82) is 0 Å². The van der Waals surface area contributed by atoms with E-state index in [-0.39, 0.29) is 16.7 Å². The van der Waals surface area contributed by atoms with Gasteiger partial charge in [0.2, 0.25) is 5.91 Å². The molecule has 1 amide bonds. The molecule has 0 aliphatic carbocycles. The predicted octanol–water partition coefficient (Wildman–Crippen LogP) is 5.00. The molecule has 0 radical (unpaired) electrons. The number of carbonyl (C=O) groups is 1. The van der Waals surface area contributed by atoms with Crippen LogP contribution in [0.1, 0.15) is 13.8 Å². The molecule has 0 heterocycles. The third-order valence-corrected chi connectivity index (χ3v) is 4.61. The molecule has 94 valence electrons. The summed E-state index contributed by atoms with van der Waals surface area (Å²) < 4.78 is 0. The number of alkyl halides is 1. The van der Waals surface area contributed by atoms with Crippen molar-refractivity contribution < 1.29 is 4.79 Å². The Bertz CT molecular complexity index is 437. The Balaban J connectivity index is 2.89. The highest BCUT2D eigenvalue weighted by Crippen LogP contribution is 2.32. The SMILES string of the molecule is CC(C)C(Br)C(=O)Nc1cc(Cl)c(Cl)cc1Cl. The van der Waals surface area contributed by atoms with Gasteiger partial charge in [-0.1, -0.05) is 64.6 Å². The normalized spacial score (nSPS) is 12.6. The van der Waals surface area contributed by atoms with Gasteiger partial charge < -0.3 is 5.32 Å². The van der Waals surface area contributed by atoms with Gasteiger partial charge in [0.1, 0.15) is 0 Å². The molecule has 0 saturated heterocycles. The van der Waals surface area contributed by atoms with Gasteiger partial charge >= 0.3 is 0 Å². The third kappa shape index (κ3) is 4.02. The van der Waals surface area contributed by atoms with Crippen molar-refractivity contribution in [2.45, 2.75) is 18.7 Å². The number of benzene rings is 1. The Morgan fingerprint density at radius 1 is 1.18 bits per heavy atom. The molecule has 0 aromatic heterocycles. The van der Waals surface area contributed by atoms with Crippen LogP contribution >= 0.6 is 50.7 Å². The molecule has 2 nitrogen and oxygen atoms in total. The van der Waals surface area contributed by atoms with Crippen molar-refractivity contribution in [3.63, 3.8) is 0 Å². The van der Waals surface area contributed by atoms with Crippen molar-refractivity contribution in [3.8, 4) is 0 Å². The van der Waals surface area contributed by atoms with E-state index in [0.29, 0.717) is 20.8 Å². The molecular formula is C11H11BrCl3NO. The molecule has 0 fully saturated rings. The van der Waals surface area contributed by atoms with Crippen LogP contribution in [-0.2, 0) is 4.79 Å². The van der Waals surface area contributed by atoms with E-state index in [2.05, 4.69) is 21.2 Å². The van der Waals surface area contributed by atoms with Crippen molar-refractivity contribution >= 4 is 62.3 Å². The zero-order valence-electron chi connectivity index (χ0n) is 9.23. The van der Waals surface area contributed by atoms with Crippen LogP contribution in [-0.4, -0.2) is 10.7 Å². The standard InChI is InChI=1S/C11H11BrCl3NO/c1-5(2)10(12)11(17)16-9-4-7(14)6(13)3-8(9)15/h3-5,10H,1-2H3,(H,16,17). The molecule has 17 heavy (non-hydrogen) atoms. The van der Waals surface area contributed by atoms with Crippen LogP contribution in [0.3, 0.4) is 0 Å². The minimum Gasteiger partial charge on any atom is -0.324 e. The summed E-state index contributed by atoms with van der Waals surface area (Å²) in [6.45, 7) is 3.88. The zero-order chi connectivity index (χ0) is 13.2. The average molecular weight is 359 g/mol. The maximum atomic E-state index is 11.8. The number of nitrogens with one attached hydrogen (secondary N) is 1. The zero-order valence-corrected chi connectivity index (χ0v) is 13.1. The lowest BCUT2D eigenvalue weighted by Gasteiger charge is -2.15. The predicted molar refractivity (Wildman–Crippen MR) is 77.7 cm³/mol. The maximum Gasteiger partial charge on any atom is 0.238 e. The van der Waals surface area contributed by atoms with E-state index < -0.39 is 0 Å². The van der Waals surface area contributed by atoms with Crippen LogP contribution in [0.5, 0.6) is 0 Å². The molecule has 1 aromatic carbocycles. The lowest BCUT2D eigenvalue weighted by Crippen LogP contribution is -2.27. The maximum absolute atomic E-state index is 11.8. The van der Waals surface area contributed by atoms with Gasteiger partial charge in [0.25, 0.3) is 0 Å². The summed E-state index contributed by atoms with van der Waals surface area (Å²) in [5, 5.41) is 3.76. The van der Waals surface area contributed by atoms with Crippen molar-refractivity contribution in [1.82, 2.24) is 0 Å². The molecule has 1 atom stereocenters. The Morgan fingerprint density at radius 2 is 1.71 bits per heavy atom. The van der Waals surface area contributed by atoms with Crippen molar-refractivity contribution in [3.05, 3.63) is 27.2 Å². The second-order valence-electron chi connectivity index (χ2n) is 3.88. The molecule has 0 bridgehead atoms. The number of anilines is 1. The number of rotatable bonds is 3. The Hall–Kier alpha value is 0.0400. The molecule has 0 spiro atoms. The minimum atomic E-state index is -0.284. The van der Waals surface area contributed by atoms with Crippen LogP contribution in [0.4, 0.5) is 5.69 Å². The summed E-state index contributed by atoms with van der Waals surface area (Å²) in [4.78, 5) is 11.5. The first-order valence-electron chi connectivity index (χ1n) is 4.92. The Morgan fingerprint density at radius 3 is 2.24 bits per heavy atom. The summed E-state index contributed by atoms with van der Waals surface area (Å²) in [7, 11) is 0. The van der Waals surface area contributed by atoms with E-state index in [9.17, 15) is 4.79 Å². The fourth-order valence-corrected chi connectivity index (χ4v) is 1.83. The van der Waals surface area contributed by atoms with E-state index in [4.69, 9.17) is 34.8 Å². The van der Waals surface area contributed by atoms with Crippen molar-refractivity contribution in [2.75, 3.05) is 5.32 Å². The molecule has 1 N–H and O–H groups in total. The summed E-state index contributed by atoms with van der Waals surface area (Å²) in [6.07, 6.45) is 0. The van der Waals surface area contributed by atoms with Crippen LogP contribution < -0.4 is 5.32 Å². The Kier molecular flexibility index (Phi) is 5.58. The average Bonchev–Trinajstić information content (AvgIpc) is 2.24. The van der Waals surface area contributed by atoms with Gasteiger partial charge in [-0.05, 0) is 18.1 Å². The van der Waals surface area contributed by atoms with Gasteiger partial charge in [-0.3, -0.25) is 4.79 Å². The molecule has 1 unspecified atom stereocenters. The number of hydrogen-bond donors (Lipinski definition) is 1. The molecule has 0 aliphatic rings. The number of carbonyl (C=O) groups excluding carboxylic acids is 1. The fourth-order valence-electron chi connectivity index (χ4n) is 1.12. The summed E-state index contributed by atoms with van der Waals surface area (Å²) in [6, 6.07) is 3.03. The minimum absolute atomic E-state index is 0.166. The Labute approximate surface area is 124 Å². The lowest BCUT2D eigenvalue weighted by atomic mass is 10.1. The molecule has 6 heteroatoms. The van der Waals surface area contributed by atoms with Crippen LogP contribution in [0.25, 0.3) is 0 Å². The summed E-state index contributed by atoms with van der Waals surface area (Å²) in [5.41, 5.74) is 0.455.